The van der Waals surface area contributed by atoms with E-state index in [9.17, 15) is 13.2 Å². The Morgan fingerprint density at radius 1 is 1.26 bits per heavy atom. The van der Waals surface area contributed by atoms with Gasteiger partial charge in [0.15, 0.2) is 0 Å². The number of hydrogen-bond donors (Lipinski definition) is 1. The van der Waals surface area contributed by atoms with Gasteiger partial charge in [-0.1, -0.05) is 0 Å². The van der Waals surface area contributed by atoms with Crippen LogP contribution in [0.25, 0.3) is 0 Å². The Hall–Kier alpha value is -1.44. The molecule has 6 nitrogen and oxygen atoms in total. The van der Waals surface area contributed by atoms with Gasteiger partial charge < -0.3 is 9.80 Å². The molecule has 1 heterocycles. The molecule has 0 saturated carbocycles. The van der Waals surface area contributed by atoms with E-state index in [0.29, 0.717) is 6.54 Å². The van der Waals surface area contributed by atoms with Gasteiger partial charge in [-0.2, -0.15) is 0 Å². The van der Waals surface area contributed by atoms with Crippen LogP contribution in [0.15, 0.2) is 23.1 Å². The molecular weight excluding hydrogens is 314 g/mol. The zero-order chi connectivity index (χ0) is 17.4. The monoisotopic (exact) mass is 339 g/mol. The average molecular weight is 339 g/mol. The molecule has 0 bridgehead atoms. The molecule has 1 aromatic carbocycles. The number of rotatable bonds is 6. The SMILES string of the molecule is CN(C)CCCNS(=O)(=O)c1ccc2c(c1)C(C)(C)C(=O)N2C. The number of carbonyl (C=O) groups excluding carboxylic acids is 1. The number of nitrogens with zero attached hydrogens (tertiary/aromatic N) is 2. The van der Waals surface area contributed by atoms with Gasteiger partial charge in [-0.3, -0.25) is 4.79 Å². The standard InChI is InChI=1S/C16H25N3O3S/c1-16(2)13-11-12(7-8-14(13)19(5)15(16)20)23(21,22)17-9-6-10-18(3)4/h7-8,11,17H,6,9-10H2,1-5H3. The fourth-order valence-corrected chi connectivity index (χ4v) is 3.90. The van der Waals surface area contributed by atoms with E-state index in [-0.39, 0.29) is 10.8 Å². The molecule has 7 heteroatoms. The van der Waals surface area contributed by atoms with E-state index in [0.717, 1.165) is 24.2 Å². The molecule has 0 aromatic heterocycles. The van der Waals surface area contributed by atoms with Gasteiger partial charge in [0.1, 0.15) is 0 Å². The second kappa shape index (κ2) is 6.22. The molecule has 1 N–H and O–H groups in total. The molecule has 0 atom stereocenters. The van der Waals surface area contributed by atoms with Crippen molar-refractivity contribution in [3.8, 4) is 0 Å². The third kappa shape index (κ3) is 3.41. The number of fused-ring (bicyclic) bond motifs is 1. The van der Waals surface area contributed by atoms with E-state index in [2.05, 4.69) is 4.72 Å². The molecule has 0 spiro atoms. The molecule has 0 fully saturated rings. The lowest BCUT2D eigenvalue weighted by atomic mass is 9.86. The summed E-state index contributed by atoms with van der Waals surface area (Å²) in [6.45, 7) is 4.84. The van der Waals surface area contributed by atoms with E-state index < -0.39 is 15.4 Å². The molecule has 1 amide bonds. The van der Waals surface area contributed by atoms with Crippen molar-refractivity contribution < 1.29 is 13.2 Å². The summed E-state index contributed by atoms with van der Waals surface area (Å²) >= 11 is 0. The fraction of sp³-hybridized carbons (Fsp3) is 0.562. The van der Waals surface area contributed by atoms with Crippen molar-refractivity contribution in [1.29, 1.82) is 0 Å². The summed E-state index contributed by atoms with van der Waals surface area (Å²) in [4.78, 5) is 16.1. The molecule has 0 unspecified atom stereocenters. The number of likely N-dealkylation sites (N-methyl/N-ethyl adjacent to an activating group) is 1. The molecule has 1 aromatic rings. The van der Waals surface area contributed by atoms with Crippen molar-refractivity contribution in [2.45, 2.75) is 30.6 Å². The minimum atomic E-state index is -3.56. The number of sulfonamides is 1. The van der Waals surface area contributed by atoms with Crippen LogP contribution in [0.1, 0.15) is 25.8 Å². The first-order chi connectivity index (χ1) is 10.6. The van der Waals surface area contributed by atoms with Gasteiger partial charge in [0.2, 0.25) is 15.9 Å². The van der Waals surface area contributed by atoms with Gasteiger partial charge >= 0.3 is 0 Å². The van der Waals surface area contributed by atoms with Crippen LogP contribution in [0, 0.1) is 0 Å². The maximum Gasteiger partial charge on any atom is 0.240 e. The van der Waals surface area contributed by atoms with Crippen LogP contribution in [-0.4, -0.2) is 53.5 Å². The van der Waals surface area contributed by atoms with Crippen LogP contribution in [0.5, 0.6) is 0 Å². The van der Waals surface area contributed by atoms with E-state index in [1.807, 2.05) is 32.8 Å². The van der Waals surface area contributed by atoms with E-state index in [4.69, 9.17) is 0 Å². The van der Waals surface area contributed by atoms with Crippen LogP contribution in [-0.2, 0) is 20.2 Å². The number of carbonyl (C=O) groups is 1. The number of benzene rings is 1. The van der Waals surface area contributed by atoms with Gasteiger partial charge in [-0.25, -0.2) is 13.1 Å². The molecular formula is C16H25N3O3S. The summed E-state index contributed by atoms with van der Waals surface area (Å²) in [7, 11) is 2.05. The highest BCUT2D eigenvalue weighted by Gasteiger charge is 2.42. The Morgan fingerprint density at radius 2 is 1.91 bits per heavy atom. The normalized spacial score (nSPS) is 17.0. The van der Waals surface area contributed by atoms with Gasteiger partial charge in [-0.15, -0.1) is 0 Å². The average Bonchev–Trinajstić information content (AvgIpc) is 2.65. The Bertz CT molecular complexity index is 711. The first-order valence-corrected chi connectivity index (χ1v) is 9.13. The summed E-state index contributed by atoms with van der Waals surface area (Å²) in [5.74, 6) is -0.0269. The van der Waals surface area contributed by atoms with Crippen molar-refractivity contribution in [2.24, 2.45) is 0 Å². The molecule has 0 aliphatic carbocycles. The third-order valence-corrected chi connectivity index (χ3v) is 5.69. The Morgan fingerprint density at radius 3 is 2.52 bits per heavy atom. The summed E-state index contributed by atoms with van der Waals surface area (Å²) in [5, 5.41) is 0. The van der Waals surface area contributed by atoms with Crippen LogP contribution in [0.4, 0.5) is 5.69 Å². The largest absolute Gasteiger partial charge is 0.314 e. The molecule has 128 valence electrons. The van der Waals surface area contributed by atoms with Crippen LogP contribution in [0.2, 0.25) is 0 Å². The van der Waals surface area contributed by atoms with Gasteiger partial charge in [0.05, 0.1) is 10.3 Å². The molecule has 23 heavy (non-hydrogen) atoms. The number of nitrogens with one attached hydrogen (secondary N) is 1. The van der Waals surface area contributed by atoms with Crippen molar-refractivity contribution >= 4 is 21.6 Å². The zero-order valence-electron chi connectivity index (χ0n) is 14.4. The predicted octanol–water partition coefficient (Wildman–Crippen LogP) is 1.17. The molecule has 1 aliphatic heterocycles. The lowest BCUT2D eigenvalue weighted by Gasteiger charge is -2.17. The minimum absolute atomic E-state index is 0.0269. The van der Waals surface area contributed by atoms with E-state index in [1.165, 1.54) is 0 Å². The van der Waals surface area contributed by atoms with Crippen molar-refractivity contribution in [3.05, 3.63) is 23.8 Å². The lowest BCUT2D eigenvalue weighted by molar-refractivity contribution is -0.121. The Balaban J connectivity index is 2.23. The lowest BCUT2D eigenvalue weighted by Crippen LogP contribution is -2.33. The highest BCUT2D eigenvalue weighted by molar-refractivity contribution is 7.89. The smallest absolute Gasteiger partial charge is 0.240 e. The molecule has 2 rings (SSSR count). The Labute approximate surface area is 138 Å². The molecule has 0 radical (unpaired) electrons. The van der Waals surface area contributed by atoms with Crippen molar-refractivity contribution in [3.63, 3.8) is 0 Å². The molecule has 0 saturated heterocycles. The highest BCUT2D eigenvalue weighted by Crippen LogP contribution is 2.41. The first-order valence-electron chi connectivity index (χ1n) is 7.64. The number of hydrogen-bond acceptors (Lipinski definition) is 4. The maximum absolute atomic E-state index is 12.4. The van der Waals surface area contributed by atoms with Crippen molar-refractivity contribution in [2.75, 3.05) is 39.1 Å². The topological polar surface area (TPSA) is 69.7 Å². The number of anilines is 1. The van der Waals surface area contributed by atoms with Gasteiger partial charge in [0, 0.05) is 19.3 Å². The summed E-state index contributed by atoms with van der Waals surface area (Å²) < 4.78 is 27.5. The second-order valence-corrected chi connectivity index (χ2v) is 8.49. The van der Waals surface area contributed by atoms with Crippen LogP contribution in [0.3, 0.4) is 0 Å². The van der Waals surface area contributed by atoms with Gasteiger partial charge in [-0.05, 0) is 64.7 Å². The summed E-state index contributed by atoms with van der Waals surface area (Å²) in [6.07, 6.45) is 0.740. The fourth-order valence-electron chi connectivity index (χ4n) is 2.80. The van der Waals surface area contributed by atoms with Crippen LogP contribution >= 0.6 is 0 Å². The quantitative estimate of drug-likeness (QED) is 0.790. The summed E-state index contributed by atoms with van der Waals surface area (Å²) in [5.41, 5.74) is 0.813. The van der Waals surface area contributed by atoms with Crippen molar-refractivity contribution in [1.82, 2.24) is 9.62 Å². The van der Waals surface area contributed by atoms with Gasteiger partial charge in [0.25, 0.3) is 0 Å². The zero-order valence-corrected chi connectivity index (χ0v) is 15.2. The maximum atomic E-state index is 12.4. The minimum Gasteiger partial charge on any atom is -0.314 e. The summed E-state index contributed by atoms with van der Waals surface area (Å²) in [6, 6.07) is 4.87. The molecule has 1 aliphatic rings. The first kappa shape index (κ1) is 17.9. The van der Waals surface area contributed by atoms with Crippen LogP contribution < -0.4 is 9.62 Å². The predicted molar refractivity (Wildman–Crippen MR) is 91.2 cm³/mol. The number of amides is 1. The third-order valence-electron chi connectivity index (χ3n) is 4.23. The van der Waals surface area contributed by atoms with E-state index in [1.54, 1.807) is 30.1 Å². The second-order valence-electron chi connectivity index (χ2n) is 6.72. The highest BCUT2D eigenvalue weighted by atomic mass is 32.2. The van der Waals surface area contributed by atoms with E-state index >= 15 is 0 Å². The Kier molecular flexibility index (Phi) is 4.84.